The van der Waals surface area contributed by atoms with Crippen LogP contribution in [0.15, 0.2) is 30.6 Å². The summed E-state index contributed by atoms with van der Waals surface area (Å²) in [6.07, 6.45) is 2.91. The molecule has 5 heteroatoms. The summed E-state index contributed by atoms with van der Waals surface area (Å²) in [5.41, 5.74) is 2.10. The molecule has 0 aliphatic carbocycles. The Labute approximate surface area is 104 Å². The molecule has 0 saturated carbocycles. The van der Waals surface area contributed by atoms with Gasteiger partial charge < -0.3 is 5.32 Å². The zero-order valence-electron chi connectivity index (χ0n) is 9.11. The zero-order chi connectivity index (χ0) is 12.3. The number of hydrogen-bond acceptors (Lipinski definition) is 4. The van der Waals surface area contributed by atoms with Gasteiger partial charge in [-0.25, -0.2) is 9.97 Å². The Morgan fingerprint density at radius 1 is 1.29 bits per heavy atom. The highest BCUT2D eigenvalue weighted by atomic mass is 35.5. The zero-order valence-corrected chi connectivity index (χ0v) is 9.86. The number of nitriles is 1. The van der Waals surface area contributed by atoms with Gasteiger partial charge in [-0.3, -0.25) is 0 Å². The van der Waals surface area contributed by atoms with Gasteiger partial charge in [0.25, 0.3) is 0 Å². The van der Waals surface area contributed by atoms with Crippen molar-refractivity contribution < 1.29 is 0 Å². The Morgan fingerprint density at radius 3 is 2.71 bits per heavy atom. The van der Waals surface area contributed by atoms with Crippen molar-refractivity contribution in [3.8, 4) is 6.07 Å². The predicted octanol–water partition coefficient (Wildman–Crippen LogP) is 3.05. The smallest absolute Gasteiger partial charge is 0.158 e. The number of hydrogen-bond donors (Lipinski definition) is 1. The van der Waals surface area contributed by atoms with Crippen LogP contribution in [0.3, 0.4) is 0 Å². The van der Waals surface area contributed by atoms with Crippen LogP contribution in [0.25, 0.3) is 0 Å². The Bertz CT molecular complexity index is 552. The van der Waals surface area contributed by atoms with Gasteiger partial charge in [0.1, 0.15) is 11.9 Å². The molecule has 0 unspecified atom stereocenters. The molecule has 4 nitrogen and oxygen atoms in total. The van der Waals surface area contributed by atoms with Crippen LogP contribution in [0.1, 0.15) is 11.3 Å². The van der Waals surface area contributed by atoms with Crippen LogP contribution in [-0.2, 0) is 0 Å². The van der Waals surface area contributed by atoms with Gasteiger partial charge in [0.15, 0.2) is 5.69 Å². The predicted molar refractivity (Wildman–Crippen MR) is 66.2 cm³/mol. The minimum Gasteiger partial charge on any atom is -0.338 e. The van der Waals surface area contributed by atoms with Gasteiger partial charge >= 0.3 is 0 Å². The Morgan fingerprint density at radius 2 is 2.12 bits per heavy atom. The molecule has 1 aromatic heterocycles. The largest absolute Gasteiger partial charge is 0.338 e. The number of rotatable bonds is 2. The van der Waals surface area contributed by atoms with E-state index in [2.05, 4.69) is 15.3 Å². The third-order valence-electron chi connectivity index (χ3n) is 2.24. The fraction of sp³-hybridized carbons (Fsp3) is 0.0833. The fourth-order valence-electron chi connectivity index (χ4n) is 1.37. The maximum absolute atomic E-state index is 8.61. The molecule has 2 aromatic rings. The third-order valence-corrected chi connectivity index (χ3v) is 2.56. The lowest BCUT2D eigenvalue weighted by Gasteiger charge is -2.09. The molecule has 0 bridgehead atoms. The van der Waals surface area contributed by atoms with Crippen LogP contribution in [0, 0.1) is 18.3 Å². The van der Waals surface area contributed by atoms with E-state index in [4.69, 9.17) is 16.9 Å². The van der Waals surface area contributed by atoms with E-state index >= 15 is 0 Å². The second-order valence-electron chi connectivity index (χ2n) is 3.46. The quantitative estimate of drug-likeness (QED) is 0.882. The number of aryl methyl sites for hydroxylation is 1. The van der Waals surface area contributed by atoms with Crippen LogP contribution in [0.4, 0.5) is 11.5 Å². The van der Waals surface area contributed by atoms with Gasteiger partial charge in [0, 0.05) is 0 Å². The number of aromatic nitrogens is 2. The standard InChI is InChI=1S/C12H9ClN4/c1-8-3-2-4-10(13)12(8)17-11-7-15-9(5-14)6-16-11/h2-4,6-7H,1H3,(H,16,17). The monoisotopic (exact) mass is 244 g/mol. The molecule has 0 atom stereocenters. The van der Waals surface area contributed by atoms with Gasteiger partial charge in [0.05, 0.1) is 23.1 Å². The molecule has 1 N–H and O–H groups in total. The van der Waals surface area contributed by atoms with Crippen molar-refractivity contribution in [1.82, 2.24) is 9.97 Å². The van der Waals surface area contributed by atoms with Gasteiger partial charge in [-0.15, -0.1) is 0 Å². The van der Waals surface area contributed by atoms with Crippen LogP contribution in [0.5, 0.6) is 0 Å². The highest BCUT2D eigenvalue weighted by Crippen LogP contribution is 2.27. The second-order valence-corrected chi connectivity index (χ2v) is 3.86. The average molecular weight is 245 g/mol. The molecular formula is C12H9ClN4. The highest BCUT2D eigenvalue weighted by molar-refractivity contribution is 6.33. The van der Waals surface area contributed by atoms with E-state index in [1.54, 1.807) is 6.07 Å². The van der Waals surface area contributed by atoms with Crippen molar-refractivity contribution in [3.63, 3.8) is 0 Å². The molecule has 0 aliphatic rings. The number of nitrogens with one attached hydrogen (secondary N) is 1. The lowest BCUT2D eigenvalue weighted by Crippen LogP contribution is -1.98. The van der Waals surface area contributed by atoms with Gasteiger partial charge in [-0.1, -0.05) is 23.7 Å². The number of nitrogens with zero attached hydrogens (tertiary/aromatic N) is 3. The maximum atomic E-state index is 8.61. The van der Waals surface area contributed by atoms with E-state index < -0.39 is 0 Å². The van der Waals surface area contributed by atoms with Gasteiger partial charge in [0.2, 0.25) is 0 Å². The van der Waals surface area contributed by atoms with Gasteiger partial charge in [-0.05, 0) is 18.6 Å². The number of anilines is 2. The van der Waals surface area contributed by atoms with Crippen LogP contribution >= 0.6 is 11.6 Å². The molecule has 2 rings (SSSR count). The van der Waals surface area contributed by atoms with Crippen molar-refractivity contribution in [2.75, 3.05) is 5.32 Å². The summed E-state index contributed by atoms with van der Waals surface area (Å²) in [6, 6.07) is 7.54. The molecule has 0 amide bonds. The molecule has 0 saturated heterocycles. The first-order chi connectivity index (χ1) is 8.20. The lowest BCUT2D eigenvalue weighted by atomic mass is 10.2. The number of halogens is 1. The minimum absolute atomic E-state index is 0.284. The molecule has 0 spiro atoms. The molecule has 84 valence electrons. The molecule has 0 fully saturated rings. The first kappa shape index (κ1) is 11.4. The number of para-hydroxylation sites is 1. The van der Waals surface area contributed by atoms with Crippen LogP contribution in [-0.4, -0.2) is 9.97 Å². The maximum Gasteiger partial charge on any atom is 0.158 e. The fourth-order valence-corrected chi connectivity index (χ4v) is 1.64. The summed E-state index contributed by atoms with van der Waals surface area (Å²) in [7, 11) is 0. The van der Waals surface area contributed by atoms with E-state index in [-0.39, 0.29) is 5.69 Å². The Balaban J connectivity index is 2.29. The molecule has 0 radical (unpaired) electrons. The number of benzene rings is 1. The normalized spacial score (nSPS) is 9.71. The van der Waals surface area contributed by atoms with E-state index in [9.17, 15) is 0 Å². The van der Waals surface area contributed by atoms with E-state index in [1.165, 1.54) is 12.4 Å². The molecular weight excluding hydrogens is 236 g/mol. The van der Waals surface area contributed by atoms with E-state index in [1.807, 2.05) is 25.1 Å². The molecule has 1 aromatic carbocycles. The third kappa shape index (κ3) is 2.52. The summed E-state index contributed by atoms with van der Waals surface area (Å²) in [6.45, 7) is 1.95. The molecule has 0 aliphatic heterocycles. The van der Waals surface area contributed by atoms with Crippen LogP contribution in [0.2, 0.25) is 5.02 Å². The van der Waals surface area contributed by atoms with Crippen molar-refractivity contribution in [2.24, 2.45) is 0 Å². The van der Waals surface area contributed by atoms with E-state index in [0.29, 0.717) is 10.8 Å². The van der Waals surface area contributed by atoms with Crippen LogP contribution < -0.4 is 5.32 Å². The Hall–Kier alpha value is -2.12. The minimum atomic E-state index is 0.284. The van der Waals surface area contributed by atoms with Crippen molar-refractivity contribution >= 4 is 23.1 Å². The first-order valence-corrected chi connectivity index (χ1v) is 5.33. The average Bonchev–Trinajstić information content (AvgIpc) is 2.35. The highest BCUT2D eigenvalue weighted by Gasteiger charge is 2.04. The lowest BCUT2D eigenvalue weighted by molar-refractivity contribution is 1.16. The summed E-state index contributed by atoms with van der Waals surface area (Å²) in [5, 5.41) is 12.3. The van der Waals surface area contributed by atoms with Crippen molar-refractivity contribution in [2.45, 2.75) is 6.92 Å². The topological polar surface area (TPSA) is 61.6 Å². The summed E-state index contributed by atoms with van der Waals surface area (Å²) >= 11 is 6.07. The van der Waals surface area contributed by atoms with Crippen molar-refractivity contribution in [1.29, 1.82) is 5.26 Å². The molecule has 17 heavy (non-hydrogen) atoms. The SMILES string of the molecule is Cc1cccc(Cl)c1Nc1cnc(C#N)cn1. The van der Waals surface area contributed by atoms with E-state index in [0.717, 1.165) is 11.3 Å². The second kappa shape index (κ2) is 4.81. The molecule has 1 heterocycles. The van der Waals surface area contributed by atoms with Gasteiger partial charge in [-0.2, -0.15) is 5.26 Å². The van der Waals surface area contributed by atoms with Crippen molar-refractivity contribution in [3.05, 3.63) is 46.9 Å². The summed E-state index contributed by atoms with van der Waals surface area (Å²) in [5.74, 6) is 0.556. The Kier molecular flexibility index (Phi) is 3.22. The summed E-state index contributed by atoms with van der Waals surface area (Å²) in [4.78, 5) is 8.00. The summed E-state index contributed by atoms with van der Waals surface area (Å²) < 4.78 is 0. The first-order valence-electron chi connectivity index (χ1n) is 4.95.